The van der Waals surface area contributed by atoms with Crippen molar-refractivity contribution in [2.75, 3.05) is 24.5 Å². The molecule has 0 heterocycles. The molecule has 4 rings (SSSR count). The number of amides is 2. The number of nitrogens with one attached hydrogen (secondary N) is 1. The zero-order valence-corrected chi connectivity index (χ0v) is 28.1. The summed E-state index contributed by atoms with van der Waals surface area (Å²) in [4.78, 5) is 30.0. The predicted molar refractivity (Wildman–Crippen MR) is 182 cm³/mol. The van der Waals surface area contributed by atoms with Crippen LogP contribution in [0, 0.1) is 12.8 Å². The second-order valence-corrected chi connectivity index (χ2v) is 13.8. The van der Waals surface area contributed by atoms with Gasteiger partial charge in [0.25, 0.3) is 10.0 Å². The van der Waals surface area contributed by atoms with Gasteiger partial charge < -0.3 is 15.0 Å². The van der Waals surface area contributed by atoms with Crippen LogP contribution < -0.4 is 14.4 Å². The molecule has 0 aromatic heterocycles. The van der Waals surface area contributed by atoms with Gasteiger partial charge in [-0.3, -0.25) is 13.9 Å². The van der Waals surface area contributed by atoms with Gasteiger partial charge >= 0.3 is 0 Å². The maximum absolute atomic E-state index is 14.6. The number of hydrogen-bond acceptors (Lipinski definition) is 5. The summed E-state index contributed by atoms with van der Waals surface area (Å²) in [5.74, 6) is -0.435. The van der Waals surface area contributed by atoms with Crippen LogP contribution in [-0.2, 0) is 32.6 Å². The van der Waals surface area contributed by atoms with E-state index in [2.05, 4.69) is 5.32 Å². The highest BCUT2D eigenvalue weighted by atomic mass is 35.5. The molecular weight excluding hydrogens is 622 g/mol. The fraction of sp³-hybridized carbons (Fsp3) is 0.278. The number of halogens is 1. The van der Waals surface area contributed by atoms with Gasteiger partial charge in [-0.2, -0.15) is 0 Å². The molecule has 0 saturated carbocycles. The zero-order valence-electron chi connectivity index (χ0n) is 26.5. The van der Waals surface area contributed by atoms with Gasteiger partial charge in [-0.25, -0.2) is 8.42 Å². The summed E-state index contributed by atoms with van der Waals surface area (Å²) in [6.45, 7) is 5.67. The molecule has 0 aliphatic heterocycles. The smallest absolute Gasteiger partial charge is 0.264 e. The fourth-order valence-electron chi connectivity index (χ4n) is 5.04. The maximum Gasteiger partial charge on any atom is 0.264 e. The minimum atomic E-state index is -4.25. The van der Waals surface area contributed by atoms with E-state index in [1.807, 2.05) is 57.2 Å². The summed E-state index contributed by atoms with van der Waals surface area (Å²) in [5.41, 5.74) is 2.54. The zero-order chi connectivity index (χ0) is 33.3. The fourth-order valence-corrected chi connectivity index (χ4v) is 6.69. The molecule has 0 aliphatic rings. The van der Waals surface area contributed by atoms with E-state index in [9.17, 15) is 18.0 Å². The molecule has 0 aliphatic carbocycles. The van der Waals surface area contributed by atoms with E-state index >= 15 is 0 Å². The van der Waals surface area contributed by atoms with E-state index in [0.29, 0.717) is 17.1 Å². The summed E-state index contributed by atoms with van der Waals surface area (Å²) < 4.78 is 35.1. The van der Waals surface area contributed by atoms with Crippen molar-refractivity contribution in [2.45, 2.75) is 44.7 Å². The van der Waals surface area contributed by atoms with Crippen molar-refractivity contribution in [3.05, 3.63) is 125 Å². The number of anilines is 1. The van der Waals surface area contributed by atoms with Crippen LogP contribution in [0.2, 0.25) is 5.02 Å². The molecular formula is C36H40ClN3O5S. The molecule has 1 atom stereocenters. The van der Waals surface area contributed by atoms with Gasteiger partial charge in [-0.15, -0.1) is 0 Å². The Morgan fingerprint density at radius 1 is 0.870 bits per heavy atom. The number of carbonyl (C=O) groups is 2. The van der Waals surface area contributed by atoms with Gasteiger partial charge in [0.15, 0.2) is 0 Å². The van der Waals surface area contributed by atoms with Gasteiger partial charge in [0, 0.05) is 24.5 Å². The number of benzene rings is 4. The lowest BCUT2D eigenvalue weighted by molar-refractivity contribution is -0.140. The highest BCUT2D eigenvalue weighted by Crippen LogP contribution is 2.34. The van der Waals surface area contributed by atoms with Crippen LogP contribution in [-0.4, -0.2) is 51.4 Å². The predicted octanol–water partition coefficient (Wildman–Crippen LogP) is 6.26. The summed E-state index contributed by atoms with van der Waals surface area (Å²) >= 11 is 6.32. The highest BCUT2D eigenvalue weighted by molar-refractivity contribution is 7.92. The van der Waals surface area contributed by atoms with Crippen LogP contribution in [0.3, 0.4) is 0 Å². The number of nitrogens with zero attached hydrogens (tertiary/aromatic N) is 2. The number of ether oxygens (including phenoxy) is 1. The van der Waals surface area contributed by atoms with Gasteiger partial charge in [-0.05, 0) is 65.9 Å². The summed E-state index contributed by atoms with van der Waals surface area (Å²) in [6, 6.07) is 28.6. The second kappa shape index (κ2) is 15.8. The first-order chi connectivity index (χ1) is 22.0. The van der Waals surface area contributed by atoms with Gasteiger partial charge in [-0.1, -0.05) is 92.2 Å². The topological polar surface area (TPSA) is 96.0 Å². The van der Waals surface area contributed by atoms with Crippen molar-refractivity contribution < 1.29 is 22.7 Å². The molecule has 0 radical (unpaired) electrons. The second-order valence-electron chi connectivity index (χ2n) is 11.5. The number of sulfonamides is 1. The number of hydrogen-bond donors (Lipinski definition) is 1. The van der Waals surface area contributed by atoms with Crippen molar-refractivity contribution in [3.8, 4) is 5.75 Å². The minimum Gasteiger partial charge on any atom is -0.495 e. The third-order valence-corrected chi connectivity index (χ3v) is 9.42. The standard InChI is InChI=1S/C36H40ClN3O5S/c1-26(2)23-38-36(42)33(22-28-12-7-5-8-13-28)39(24-29-14-11-15-30(37)21-29)35(41)25-40(32-20-27(3)18-19-34(32)45-4)46(43,44)31-16-9-6-10-17-31/h5-21,26,33H,22-25H2,1-4H3,(H,38,42)/t33-/m0/s1. The van der Waals surface area contributed by atoms with Crippen molar-refractivity contribution in [1.82, 2.24) is 10.2 Å². The van der Waals surface area contributed by atoms with Crippen molar-refractivity contribution >= 4 is 39.1 Å². The molecule has 242 valence electrons. The lowest BCUT2D eigenvalue weighted by Crippen LogP contribution is -2.53. The number of rotatable bonds is 14. The Hall–Kier alpha value is -4.34. The van der Waals surface area contributed by atoms with Crippen molar-refractivity contribution in [2.24, 2.45) is 5.92 Å². The monoisotopic (exact) mass is 661 g/mol. The molecule has 0 saturated heterocycles. The average molecular weight is 662 g/mol. The third-order valence-electron chi connectivity index (χ3n) is 7.41. The Morgan fingerprint density at radius 3 is 2.15 bits per heavy atom. The quantitative estimate of drug-likeness (QED) is 0.172. The van der Waals surface area contributed by atoms with Crippen LogP contribution in [0.1, 0.15) is 30.5 Å². The lowest BCUT2D eigenvalue weighted by Gasteiger charge is -2.34. The molecule has 4 aromatic rings. The highest BCUT2D eigenvalue weighted by Gasteiger charge is 2.35. The molecule has 2 amide bonds. The van der Waals surface area contributed by atoms with Crippen LogP contribution in [0.4, 0.5) is 5.69 Å². The molecule has 0 bridgehead atoms. The molecule has 46 heavy (non-hydrogen) atoms. The van der Waals surface area contributed by atoms with E-state index in [1.54, 1.807) is 54.6 Å². The van der Waals surface area contributed by atoms with E-state index in [-0.39, 0.29) is 41.1 Å². The summed E-state index contributed by atoms with van der Waals surface area (Å²) in [5, 5.41) is 3.47. The largest absolute Gasteiger partial charge is 0.495 e. The Kier molecular flexibility index (Phi) is 11.8. The number of aryl methyl sites for hydroxylation is 1. The van der Waals surface area contributed by atoms with E-state index < -0.39 is 28.5 Å². The normalized spacial score (nSPS) is 12.0. The van der Waals surface area contributed by atoms with E-state index in [1.165, 1.54) is 24.1 Å². The molecule has 0 unspecified atom stereocenters. The molecule has 8 nitrogen and oxygen atoms in total. The molecule has 0 fully saturated rings. The van der Waals surface area contributed by atoms with Crippen LogP contribution in [0.5, 0.6) is 5.75 Å². The average Bonchev–Trinajstić information content (AvgIpc) is 3.04. The molecule has 10 heteroatoms. The van der Waals surface area contributed by atoms with Crippen LogP contribution in [0.25, 0.3) is 0 Å². The molecule has 4 aromatic carbocycles. The molecule has 1 N–H and O–H groups in total. The van der Waals surface area contributed by atoms with Crippen LogP contribution in [0.15, 0.2) is 108 Å². The van der Waals surface area contributed by atoms with Gasteiger partial charge in [0.1, 0.15) is 18.3 Å². The van der Waals surface area contributed by atoms with Crippen molar-refractivity contribution in [3.63, 3.8) is 0 Å². The first kappa shape index (κ1) is 34.5. The Labute approximate surface area is 277 Å². The first-order valence-electron chi connectivity index (χ1n) is 15.1. The van der Waals surface area contributed by atoms with Crippen molar-refractivity contribution in [1.29, 1.82) is 0 Å². The van der Waals surface area contributed by atoms with E-state index in [0.717, 1.165) is 15.4 Å². The number of methoxy groups -OCH3 is 1. The maximum atomic E-state index is 14.6. The Balaban J connectivity index is 1.84. The third kappa shape index (κ3) is 8.89. The minimum absolute atomic E-state index is 0.0169. The Bertz CT molecular complexity index is 1730. The SMILES string of the molecule is COc1ccc(C)cc1N(CC(=O)N(Cc1cccc(Cl)c1)[C@@H](Cc1ccccc1)C(=O)NCC(C)C)S(=O)(=O)c1ccccc1. The molecule has 0 spiro atoms. The Morgan fingerprint density at radius 2 is 1.52 bits per heavy atom. The first-order valence-corrected chi connectivity index (χ1v) is 16.9. The lowest BCUT2D eigenvalue weighted by atomic mass is 10.0. The number of carbonyl (C=O) groups excluding carboxylic acids is 2. The summed E-state index contributed by atoms with van der Waals surface area (Å²) in [6.07, 6.45) is 0.219. The van der Waals surface area contributed by atoms with E-state index in [4.69, 9.17) is 16.3 Å². The van der Waals surface area contributed by atoms with Crippen LogP contribution >= 0.6 is 11.6 Å². The van der Waals surface area contributed by atoms with Gasteiger partial charge in [0.05, 0.1) is 17.7 Å². The summed E-state index contributed by atoms with van der Waals surface area (Å²) in [7, 11) is -2.81. The van der Waals surface area contributed by atoms with Gasteiger partial charge in [0.2, 0.25) is 11.8 Å².